The van der Waals surface area contributed by atoms with Gasteiger partial charge in [0.2, 0.25) is 0 Å². The molecule has 1 aromatic rings. The van der Waals surface area contributed by atoms with E-state index in [0.717, 1.165) is 13.0 Å². The minimum Gasteiger partial charge on any atom is -0.395 e. The van der Waals surface area contributed by atoms with Crippen LogP contribution in [0.4, 0.5) is 0 Å². The standard InChI is InChI=1S/C13H21NO2/c1-3-13(9-15)14-8-11-6-4-5-7-12(11)10-16-2/h4-7,13-15H,3,8-10H2,1-2H3/t13-/m1/s1. The molecule has 0 aliphatic carbocycles. The molecular formula is C13H21NO2. The zero-order chi connectivity index (χ0) is 11.8. The number of nitrogens with one attached hydrogen (secondary N) is 1. The Morgan fingerprint density at radius 2 is 2.00 bits per heavy atom. The molecule has 0 aliphatic heterocycles. The topological polar surface area (TPSA) is 41.5 Å². The molecule has 0 bridgehead atoms. The molecule has 0 saturated carbocycles. The van der Waals surface area contributed by atoms with Gasteiger partial charge in [0.15, 0.2) is 0 Å². The van der Waals surface area contributed by atoms with Crippen LogP contribution in [0.25, 0.3) is 0 Å². The van der Waals surface area contributed by atoms with Crippen LogP contribution in [0.1, 0.15) is 24.5 Å². The van der Waals surface area contributed by atoms with Crippen LogP contribution >= 0.6 is 0 Å². The van der Waals surface area contributed by atoms with E-state index in [1.165, 1.54) is 11.1 Å². The summed E-state index contributed by atoms with van der Waals surface area (Å²) in [6, 6.07) is 8.37. The molecule has 0 unspecified atom stereocenters. The lowest BCUT2D eigenvalue weighted by molar-refractivity contribution is 0.183. The van der Waals surface area contributed by atoms with Crippen LogP contribution in [0.5, 0.6) is 0 Å². The molecule has 3 heteroatoms. The van der Waals surface area contributed by atoms with Crippen LogP contribution in [0.2, 0.25) is 0 Å². The number of hydrogen-bond donors (Lipinski definition) is 2. The van der Waals surface area contributed by atoms with Gasteiger partial charge in [-0.25, -0.2) is 0 Å². The first-order valence-electron chi connectivity index (χ1n) is 5.71. The molecule has 1 rings (SSSR count). The van der Waals surface area contributed by atoms with E-state index >= 15 is 0 Å². The fourth-order valence-corrected chi connectivity index (χ4v) is 1.62. The molecule has 1 atom stereocenters. The van der Waals surface area contributed by atoms with Gasteiger partial charge in [-0.2, -0.15) is 0 Å². The first-order valence-corrected chi connectivity index (χ1v) is 5.71. The summed E-state index contributed by atoms with van der Waals surface area (Å²) in [5.41, 5.74) is 2.43. The Hall–Kier alpha value is -0.900. The van der Waals surface area contributed by atoms with Crippen molar-refractivity contribution < 1.29 is 9.84 Å². The van der Waals surface area contributed by atoms with Crippen LogP contribution in [0.3, 0.4) is 0 Å². The van der Waals surface area contributed by atoms with Crippen LogP contribution in [-0.4, -0.2) is 24.9 Å². The minimum absolute atomic E-state index is 0.176. The maximum atomic E-state index is 9.09. The first kappa shape index (κ1) is 13.2. The van der Waals surface area contributed by atoms with Gasteiger partial charge >= 0.3 is 0 Å². The second-order valence-corrected chi connectivity index (χ2v) is 3.87. The van der Waals surface area contributed by atoms with Gasteiger partial charge in [0, 0.05) is 19.7 Å². The average Bonchev–Trinajstić information content (AvgIpc) is 2.33. The lowest BCUT2D eigenvalue weighted by Crippen LogP contribution is -2.31. The summed E-state index contributed by atoms with van der Waals surface area (Å²) in [5.74, 6) is 0. The minimum atomic E-state index is 0.176. The van der Waals surface area contributed by atoms with Gasteiger partial charge in [-0.05, 0) is 17.5 Å². The maximum Gasteiger partial charge on any atom is 0.0716 e. The predicted molar refractivity (Wildman–Crippen MR) is 65.2 cm³/mol. The molecule has 90 valence electrons. The zero-order valence-electron chi connectivity index (χ0n) is 10.1. The lowest BCUT2D eigenvalue weighted by atomic mass is 10.1. The molecule has 0 aromatic heterocycles. The summed E-state index contributed by atoms with van der Waals surface area (Å²) in [6.07, 6.45) is 0.933. The Labute approximate surface area is 97.4 Å². The van der Waals surface area contributed by atoms with Crippen molar-refractivity contribution in [3.8, 4) is 0 Å². The van der Waals surface area contributed by atoms with Crippen LogP contribution < -0.4 is 5.32 Å². The van der Waals surface area contributed by atoms with Crippen LogP contribution in [0.15, 0.2) is 24.3 Å². The Balaban J connectivity index is 2.58. The fourth-order valence-electron chi connectivity index (χ4n) is 1.62. The highest BCUT2D eigenvalue weighted by Crippen LogP contribution is 2.10. The van der Waals surface area contributed by atoms with E-state index in [-0.39, 0.29) is 12.6 Å². The fraction of sp³-hybridized carbons (Fsp3) is 0.538. The summed E-state index contributed by atoms with van der Waals surface area (Å²) >= 11 is 0. The van der Waals surface area contributed by atoms with E-state index in [9.17, 15) is 0 Å². The molecule has 16 heavy (non-hydrogen) atoms. The van der Waals surface area contributed by atoms with Gasteiger partial charge in [0.1, 0.15) is 0 Å². The number of ether oxygens (including phenoxy) is 1. The van der Waals surface area contributed by atoms with Gasteiger partial charge in [0.25, 0.3) is 0 Å². The van der Waals surface area contributed by atoms with Gasteiger partial charge in [0.05, 0.1) is 13.2 Å². The molecular weight excluding hydrogens is 202 g/mol. The monoisotopic (exact) mass is 223 g/mol. The molecule has 0 heterocycles. The van der Waals surface area contributed by atoms with E-state index < -0.39 is 0 Å². The third-order valence-corrected chi connectivity index (χ3v) is 2.71. The Bertz CT molecular complexity index is 298. The highest BCUT2D eigenvalue weighted by Gasteiger charge is 2.05. The highest BCUT2D eigenvalue weighted by atomic mass is 16.5. The summed E-state index contributed by atoms with van der Waals surface area (Å²) in [7, 11) is 1.70. The molecule has 0 aliphatic rings. The van der Waals surface area contributed by atoms with Gasteiger partial charge in [-0.15, -0.1) is 0 Å². The van der Waals surface area contributed by atoms with Gasteiger partial charge < -0.3 is 15.2 Å². The summed E-state index contributed by atoms with van der Waals surface area (Å²) in [4.78, 5) is 0. The number of rotatable bonds is 7. The average molecular weight is 223 g/mol. The molecule has 0 fully saturated rings. The molecule has 0 amide bonds. The second-order valence-electron chi connectivity index (χ2n) is 3.87. The molecule has 0 spiro atoms. The third-order valence-electron chi connectivity index (χ3n) is 2.71. The zero-order valence-corrected chi connectivity index (χ0v) is 10.1. The van der Waals surface area contributed by atoms with Crippen molar-refractivity contribution >= 4 is 0 Å². The Morgan fingerprint density at radius 1 is 1.31 bits per heavy atom. The normalized spacial score (nSPS) is 12.7. The SMILES string of the molecule is CC[C@H](CO)NCc1ccccc1COC. The van der Waals surface area contributed by atoms with Crippen molar-refractivity contribution in [1.29, 1.82) is 0 Å². The smallest absolute Gasteiger partial charge is 0.0716 e. The predicted octanol–water partition coefficient (Wildman–Crippen LogP) is 1.69. The van der Waals surface area contributed by atoms with Crippen molar-refractivity contribution in [2.75, 3.05) is 13.7 Å². The van der Waals surface area contributed by atoms with E-state index in [2.05, 4.69) is 24.4 Å². The van der Waals surface area contributed by atoms with Crippen molar-refractivity contribution in [2.45, 2.75) is 32.5 Å². The Kier molecular flexibility index (Phi) is 6.08. The van der Waals surface area contributed by atoms with Crippen molar-refractivity contribution in [3.63, 3.8) is 0 Å². The van der Waals surface area contributed by atoms with Gasteiger partial charge in [-0.3, -0.25) is 0 Å². The number of aliphatic hydroxyl groups excluding tert-OH is 1. The van der Waals surface area contributed by atoms with Crippen molar-refractivity contribution in [1.82, 2.24) is 5.32 Å². The number of methoxy groups -OCH3 is 1. The highest BCUT2D eigenvalue weighted by molar-refractivity contribution is 5.26. The second kappa shape index (κ2) is 7.39. The van der Waals surface area contributed by atoms with E-state index in [1.54, 1.807) is 7.11 Å². The summed E-state index contributed by atoms with van der Waals surface area (Å²) < 4.78 is 5.15. The largest absolute Gasteiger partial charge is 0.395 e. The molecule has 0 saturated heterocycles. The Morgan fingerprint density at radius 3 is 2.56 bits per heavy atom. The number of aliphatic hydroxyl groups is 1. The number of hydrogen-bond acceptors (Lipinski definition) is 3. The van der Waals surface area contributed by atoms with E-state index in [1.807, 2.05) is 12.1 Å². The van der Waals surface area contributed by atoms with Crippen LogP contribution in [-0.2, 0) is 17.9 Å². The molecule has 2 N–H and O–H groups in total. The van der Waals surface area contributed by atoms with Crippen LogP contribution in [0, 0.1) is 0 Å². The van der Waals surface area contributed by atoms with E-state index in [0.29, 0.717) is 6.61 Å². The van der Waals surface area contributed by atoms with Crippen molar-refractivity contribution in [2.24, 2.45) is 0 Å². The number of benzene rings is 1. The quantitative estimate of drug-likeness (QED) is 0.739. The summed E-state index contributed by atoms with van der Waals surface area (Å²) in [6.45, 7) is 3.66. The van der Waals surface area contributed by atoms with Gasteiger partial charge in [-0.1, -0.05) is 31.2 Å². The third kappa shape index (κ3) is 3.93. The summed E-state index contributed by atoms with van der Waals surface area (Å²) in [5, 5.41) is 12.4. The molecule has 0 radical (unpaired) electrons. The maximum absolute atomic E-state index is 9.09. The first-order chi connectivity index (χ1) is 7.81. The molecule has 3 nitrogen and oxygen atoms in total. The molecule has 1 aromatic carbocycles. The van der Waals surface area contributed by atoms with E-state index in [4.69, 9.17) is 9.84 Å². The lowest BCUT2D eigenvalue weighted by Gasteiger charge is -2.15. The van der Waals surface area contributed by atoms with Crippen molar-refractivity contribution in [3.05, 3.63) is 35.4 Å².